The molecule has 1 atom stereocenters. The largest absolute Gasteiger partial charge is 0.384 e. The molecule has 1 unspecified atom stereocenters. The zero-order valence-corrected chi connectivity index (χ0v) is 8.18. The zero-order chi connectivity index (χ0) is 10.2. The number of hydrogen-bond acceptors (Lipinski definition) is 3. The minimum Gasteiger partial charge on any atom is -0.384 e. The Kier molecular flexibility index (Phi) is 2.43. The molecule has 1 saturated heterocycles. The third-order valence-electron chi connectivity index (χ3n) is 2.44. The predicted octanol–water partition coefficient (Wildman–Crippen LogP) is 1.05. The number of nitrogens with zero attached hydrogens (tertiary/aromatic N) is 1. The molecule has 0 aliphatic carbocycles. The Labute approximate surface area is 85.9 Å². The lowest BCUT2D eigenvalue weighted by Crippen LogP contribution is -2.29. The fourth-order valence-corrected chi connectivity index (χ4v) is 1.82. The first-order valence-corrected chi connectivity index (χ1v) is 4.74. The van der Waals surface area contributed by atoms with Crippen LogP contribution in [-0.4, -0.2) is 23.2 Å². The number of hydrogen-bond donors (Lipinski definition) is 2. The molecule has 76 valence electrons. The highest BCUT2D eigenvalue weighted by molar-refractivity contribution is 6.30. The molecule has 0 bridgehead atoms. The summed E-state index contributed by atoms with van der Waals surface area (Å²) in [6.07, 6.45) is 1.71. The van der Waals surface area contributed by atoms with Gasteiger partial charge in [-0.2, -0.15) is 4.39 Å². The van der Waals surface area contributed by atoms with Crippen molar-refractivity contribution < 1.29 is 9.50 Å². The van der Waals surface area contributed by atoms with E-state index >= 15 is 0 Å². The molecule has 1 aliphatic heterocycles. The van der Waals surface area contributed by atoms with Gasteiger partial charge in [-0.1, -0.05) is 11.6 Å². The van der Waals surface area contributed by atoms with E-state index < -0.39 is 11.5 Å². The van der Waals surface area contributed by atoms with Crippen molar-refractivity contribution in [3.8, 4) is 0 Å². The molecule has 0 aromatic carbocycles. The molecule has 0 amide bonds. The molecule has 1 fully saturated rings. The van der Waals surface area contributed by atoms with Gasteiger partial charge in [0, 0.05) is 18.3 Å². The van der Waals surface area contributed by atoms with Crippen LogP contribution in [0.4, 0.5) is 4.39 Å². The van der Waals surface area contributed by atoms with Crippen LogP contribution in [0.3, 0.4) is 0 Å². The van der Waals surface area contributed by atoms with E-state index in [9.17, 15) is 9.50 Å². The second-order valence-electron chi connectivity index (χ2n) is 3.45. The molecule has 0 radical (unpaired) electrons. The first-order chi connectivity index (χ1) is 6.62. The first kappa shape index (κ1) is 9.83. The molecular weight excluding hydrogens is 207 g/mol. The number of β-amino-alcohol motifs (C(OH)–C–C–N with tert-alkyl or cyclic N) is 1. The second-order valence-corrected chi connectivity index (χ2v) is 3.89. The van der Waals surface area contributed by atoms with E-state index in [2.05, 4.69) is 10.3 Å². The molecule has 3 nitrogen and oxygen atoms in total. The number of rotatable bonds is 1. The number of pyridine rings is 1. The van der Waals surface area contributed by atoms with Gasteiger partial charge in [0.15, 0.2) is 0 Å². The summed E-state index contributed by atoms with van der Waals surface area (Å²) in [7, 11) is 0. The van der Waals surface area contributed by atoms with Crippen LogP contribution in [0.15, 0.2) is 12.3 Å². The molecule has 1 aromatic rings. The Balaban J connectivity index is 2.44. The standard InChI is InChI=1S/C9H10ClFN2O/c10-6-3-7(8(11)13-4-6)9(14)1-2-12-5-9/h3-4,12,14H,1-2,5H2. The highest BCUT2D eigenvalue weighted by Crippen LogP contribution is 2.30. The fourth-order valence-electron chi connectivity index (χ4n) is 1.66. The predicted molar refractivity (Wildman–Crippen MR) is 50.6 cm³/mol. The number of aliphatic hydroxyl groups is 1. The Morgan fingerprint density at radius 3 is 3.07 bits per heavy atom. The summed E-state index contributed by atoms with van der Waals surface area (Å²) in [4.78, 5) is 3.48. The minimum atomic E-state index is -1.16. The minimum absolute atomic E-state index is 0.176. The van der Waals surface area contributed by atoms with Gasteiger partial charge in [0.25, 0.3) is 0 Å². The van der Waals surface area contributed by atoms with Crippen LogP contribution in [0.25, 0.3) is 0 Å². The maximum atomic E-state index is 13.3. The van der Waals surface area contributed by atoms with E-state index in [1.165, 1.54) is 12.3 Å². The fraction of sp³-hybridized carbons (Fsp3) is 0.444. The van der Waals surface area contributed by atoms with Crippen LogP contribution in [0, 0.1) is 5.95 Å². The number of aromatic nitrogens is 1. The monoisotopic (exact) mass is 216 g/mol. The highest BCUT2D eigenvalue weighted by atomic mass is 35.5. The Bertz CT molecular complexity index is 353. The van der Waals surface area contributed by atoms with E-state index in [1.807, 2.05) is 0 Å². The normalized spacial score (nSPS) is 26.8. The van der Waals surface area contributed by atoms with Crippen LogP contribution >= 0.6 is 11.6 Å². The Morgan fingerprint density at radius 2 is 2.43 bits per heavy atom. The number of halogens is 2. The van der Waals surface area contributed by atoms with Crippen LogP contribution in [0.1, 0.15) is 12.0 Å². The lowest BCUT2D eigenvalue weighted by molar-refractivity contribution is 0.0541. The van der Waals surface area contributed by atoms with Gasteiger partial charge < -0.3 is 10.4 Å². The zero-order valence-electron chi connectivity index (χ0n) is 7.43. The van der Waals surface area contributed by atoms with Gasteiger partial charge in [-0.15, -0.1) is 0 Å². The third-order valence-corrected chi connectivity index (χ3v) is 2.65. The molecule has 14 heavy (non-hydrogen) atoms. The van der Waals surface area contributed by atoms with Crippen molar-refractivity contribution in [2.45, 2.75) is 12.0 Å². The molecule has 0 spiro atoms. The topological polar surface area (TPSA) is 45.2 Å². The molecule has 2 N–H and O–H groups in total. The Morgan fingerprint density at radius 1 is 1.64 bits per heavy atom. The molecular formula is C9H10ClFN2O. The molecule has 2 rings (SSSR count). The van der Waals surface area contributed by atoms with Crippen molar-refractivity contribution in [3.05, 3.63) is 28.8 Å². The summed E-state index contributed by atoms with van der Waals surface area (Å²) in [5.41, 5.74) is -0.989. The summed E-state index contributed by atoms with van der Waals surface area (Å²) in [6, 6.07) is 1.43. The second kappa shape index (κ2) is 3.46. The van der Waals surface area contributed by atoms with Crippen molar-refractivity contribution in [3.63, 3.8) is 0 Å². The van der Waals surface area contributed by atoms with Gasteiger partial charge in [0.2, 0.25) is 5.95 Å². The SMILES string of the molecule is OC1(c2cc(Cl)cnc2F)CCNC1. The average molecular weight is 217 g/mol. The van der Waals surface area contributed by atoms with Gasteiger partial charge in [-0.05, 0) is 19.0 Å². The van der Waals surface area contributed by atoms with Crippen LogP contribution in [0.2, 0.25) is 5.02 Å². The summed E-state index contributed by atoms with van der Waals surface area (Å²) in [5.74, 6) is -0.652. The van der Waals surface area contributed by atoms with E-state index in [0.717, 1.165) is 0 Å². The van der Waals surface area contributed by atoms with Crippen molar-refractivity contribution in [1.82, 2.24) is 10.3 Å². The summed E-state index contributed by atoms with van der Waals surface area (Å²) in [6.45, 7) is 1.01. The molecule has 5 heteroatoms. The van der Waals surface area contributed by atoms with Gasteiger partial charge in [0.05, 0.1) is 5.02 Å². The quantitative estimate of drug-likeness (QED) is 0.690. The van der Waals surface area contributed by atoms with Crippen molar-refractivity contribution in [2.24, 2.45) is 0 Å². The van der Waals surface area contributed by atoms with Gasteiger partial charge in [-0.3, -0.25) is 0 Å². The van der Waals surface area contributed by atoms with Crippen LogP contribution in [-0.2, 0) is 5.60 Å². The lowest BCUT2D eigenvalue weighted by atomic mass is 9.94. The van der Waals surface area contributed by atoms with Crippen LogP contribution in [0.5, 0.6) is 0 Å². The smallest absolute Gasteiger partial charge is 0.219 e. The average Bonchev–Trinajstić information content (AvgIpc) is 2.58. The van der Waals surface area contributed by atoms with E-state index in [-0.39, 0.29) is 5.56 Å². The van der Waals surface area contributed by atoms with E-state index in [4.69, 9.17) is 11.6 Å². The molecule has 1 aromatic heterocycles. The van der Waals surface area contributed by atoms with Gasteiger partial charge in [0.1, 0.15) is 5.60 Å². The van der Waals surface area contributed by atoms with E-state index in [0.29, 0.717) is 24.5 Å². The lowest BCUT2D eigenvalue weighted by Gasteiger charge is -2.21. The van der Waals surface area contributed by atoms with Gasteiger partial charge in [-0.25, -0.2) is 4.98 Å². The maximum Gasteiger partial charge on any atom is 0.219 e. The summed E-state index contributed by atoms with van der Waals surface area (Å²) in [5, 5.41) is 13.4. The molecule has 1 aliphatic rings. The highest BCUT2D eigenvalue weighted by Gasteiger charge is 2.36. The summed E-state index contributed by atoms with van der Waals surface area (Å²) >= 11 is 5.70. The van der Waals surface area contributed by atoms with E-state index in [1.54, 1.807) is 0 Å². The van der Waals surface area contributed by atoms with Crippen molar-refractivity contribution >= 4 is 11.6 Å². The molecule has 0 saturated carbocycles. The molecule has 2 heterocycles. The first-order valence-electron chi connectivity index (χ1n) is 4.36. The van der Waals surface area contributed by atoms with Crippen molar-refractivity contribution in [2.75, 3.05) is 13.1 Å². The Hall–Kier alpha value is -0.710. The van der Waals surface area contributed by atoms with Gasteiger partial charge >= 0.3 is 0 Å². The number of nitrogens with one attached hydrogen (secondary N) is 1. The van der Waals surface area contributed by atoms with Crippen LogP contribution < -0.4 is 5.32 Å². The summed E-state index contributed by atoms with van der Waals surface area (Å²) < 4.78 is 13.3. The maximum absolute atomic E-state index is 13.3. The third kappa shape index (κ3) is 1.61. The van der Waals surface area contributed by atoms with Crippen molar-refractivity contribution in [1.29, 1.82) is 0 Å².